The van der Waals surface area contributed by atoms with Gasteiger partial charge < -0.3 is 9.64 Å². The van der Waals surface area contributed by atoms with Crippen LogP contribution in [-0.4, -0.2) is 42.0 Å². The molecule has 92 valence electrons. The van der Waals surface area contributed by atoms with Gasteiger partial charge in [0, 0.05) is 25.1 Å². The van der Waals surface area contributed by atoms with Crippen molar-refractivity contribution in [1.29, 1.82) is 0 Å². The molecule has 16 heavy (non-hydrogen) atoms. The van der Waals surface area contributed by atoms with Gasteiger partial charge in [0.15, 0.2) is 0 Å². The summed E-state index contributed by atoms with van der Waals surface area (Å²) in [6.45, 7) is 1.40. The number of carbonyl (C=O) groups excluding carboxylic acids is 1. The van der Waals surface area contributed by atoms with Crippen LogP contribution < -0.4 is 0 Å². The van der Waals surface area contributed by atoms with Gasteiger partial charge in [0.1, 0.15) is 6.10 Å². The lowest BCUT2D eigenvalue weighted by Gasteiger charge is -2.30. The first-order valence-electron chi connectivity index (χ1n) is 6.31. The van der Waals surface area contributed by atoms with Crippen molar-refractivity contribution in [3.05, 3.63) is 0 Å². The smallest absolute Gasteiger partial charge is 0.251 e. The maximum absolute atomic E-state index is 12.3. The van der Waals surface area contributed by atoms with Gasteiger partial charge in [0.05, 0.1) is 0 Å². The quantitative estimate of drug-likeness (QED) is 0.711. The monoisotopic (exact) mass is 245 g/mol. The fourth-order valence-electron chi connectivity index (χ4n) is 2.74. The lowest BCUT2D eigenvalue weighted by Crippen LogP contribution is -2.45. The SMILES string of the molecule is O=C(C1CCCO1)N(CCCl)C1CCCC1. The van der Waals surface area contributed by atoms with Crippen molar-refractivity contribution in [3.8, 4) is 0 Å². The molecule has 3 nitrogen and oxygen atoms in total. The standard InChI is InChI=1S/C12H20ClNO2/c13-7-8-14(10-4-1-2-5-10)12(15)11-6-3-9-16-11/h10-11H,1-9H2. The Kier molecular flexibility index (Phi) is 4.47. The van der Waals surface area contributed by atoms with Crippen molar-refractivity contribution >= 4 is 17.5 Å². The number of hydrogen-bond acceptors (Lipinski definition) is 2. The highest BCUT2D eigenvalue weighted by Crippen LogP contribution is 2.26. The van der Waals surface area contributed by atoms with Gasteiger partial charge in [0.25, 0.3) is 5.91 Å². The zero-order valence-corrected chi connectivity index (χ0v) is 10.4. The highest BCUT2D eigenvalue weighted by Gasteiger charge is 2.33. The third kappa shape index (κ3) is 2.69. The Balaban J connectivity index is 1.96. The molecule has 1 aliphatic heterocycles. The Bertz CT molecular complexity index is 235. The minimum Gasteiger partial charge on any atom is -0.368 e. The van der Waals surface area contributed by atoms with E-state index in [1.165, 1.54) is 12.8 Å². The maximum atomic E-state index is 12.3. The van der Waals surface area contributed by atoms with Gasteiger partial charge in [-0.15, -0.1) is 11.6 Å². The minimum atomic E-state index is -0.191. The Morgan fingerprint density at radius 1 is 1.25 bits per heavy atom. The van der Waals surface area contributed by atoms with Crippen LogP contribution in [0.3, 0.4) is 0 Å². The first-order chi connectivity index (χ1) is 7.83. The third-order valence-electron chi connectivity index (χ3n) is 3.58. The van der Waals surface area contributed by atoms with Crippen LogP contribution in [0.2, 0.25) is 0 Å². The average molecular weight is 246 g/mol. The van der Waals surface area contributed by atoms with Crippen LogP contribution in [0.4, 0.5) is 0 Å². The summed E-state index contributed by atoms with van der Waals surface area (Å²) in [6.07, 6.45) is 6.44. The van der Waals surface area contributed by atoms with E-state index in [-0.39, 0.29) is 12.0 Å². The zero-order valence-electron chi connectivity index (χ0n) is 9.66. The minimum absolute atomic E-state index is 0.171. The molecule has 0 aromatic heterocycles. The largest absolute Gasteiger partial charge is 0.368 e. The van der Waals surface area contributed by atoms with E-state index in [1.807, 2.05) is 4.90 Å². The van der Waals surface area contributed by atoms with E-state index in [2.05, 4.69) is 0 Å². The van der Waals surface area contributed by atoms with Gasteiger partial charge in [-0.2, -0.15) is 0 Å². The Labute approximate surface area is 102 Å². The number of nitrogens with zero attached hydrogens (tertiary/aromatic N) is 1. The fourth-order valence-corrected chi connectivity index (χ4v) is 2.92. The highest BCUT2D eigenvalue weighted by molar-refractivity contribution is 6.18. The van der Waals surface area contributed by atoms with E-state index in [0.29, 0.717) is 18.5 Å². The molecule has 0 bridgehead atoms. The molecule has 2 fully saturated rings. The summed E-state index contributed by atoms with van der Waals surface area (Å²) in [5, 5.41) is 0. The van der Waals surface area contributed by atoms with Crippen molar-refractivity contribution in [2.45, 2.75) is 50.7 Å². The normalized spacial score (nSPS) is 26.2. The third-order valence-corrected chi connectivity index (χ3v) is 3.75. The number of halogens is 1. The van der Waals surface area contributed by atoms with E-state index in [1.54, 1.807) is 0 Å². The summed E-state index contributed by atoms with van der Waals surface area (Å²) in [7, 11) is 0. The van der Waals surface area contributed by atoms with E-state index >= 15 is 0 Å². The van der Waals surface area contributed by atoms with Gasteiger partial charge in [-0.3, -0.25) is 4.79 Å². The molecule has 1 unspecified atom stereocenters. The topological polar surface area (TPSA) is 29.5 Å². The molecule has 2 aliphatic rings. The second-order valence-corrected chi connectivity index (χ2v) is 5.04. The van der Waals surface area contributed by atoms with Gasteiger partial charge in [-0.25, -0.2) is 0 Å². The van der Waals surface area contributed by atoms with Crippen LogP contribution in [0.25, 0.3) is 0 Å². The average Bonchev–Trinajstić information content (AvgIpc) is 2.96. The number of amides is 1. The number of hydrogen-bond donors (Lipinski definition) is 0. The second kappa shape index (κ2) is 5.87. The summed E-state index contributed by atoms with van der Waals surface area (Å²) < 4.78 is 5.47. The van der Waals surface area contributed by atoms with E-state index in [9.17, 15) is 4.79 Å². The van der Waals surface area contributed by atoms with Crippen LogP contribution in [0.5, 0.6) is 0 Å². The van der Waals surface area contributed by atoms with Gasteiger partial charge in [0.2, 0.25) is 0 Å². The summed E-state index contributed by atoms with van der Waals surface area (Å²) in [5.74, 6) is 0.694. The molecule has 0 aromatic carbocycles. The molecule has 2 rings (SSSR count). The zero-order chi connectivity index (χ0) is 11.4. The molecule has 0 spiro atoms. The predicted octanol–water partition coefficient (Wildman–Crippen LogP) is 2.18. The van der Waals surface area contributed by atoms with Crippen LogP contribution in [0.15, 0.2) is 0 Å². The molecular formula is C12H20ClNO2. The molecule has 1 amide bonds. The van der Waals surface area contributed by atoms with Crippen molar-refractivity contribution < 1.29 is 9.53 Å². The molecule has 1 atom stereocenters. The second-order valence-electron chi connectivity index (χ2n) is 4.66. The van der Waals surface area contributed by atoms with E-state index < -0.39 is 0 Å². The molecule has 1 saturated heterocycles. The Morgan fingerprint density at radius 2 is 2.00 bits per heavy atom. The molecule has 0 aromatic rings. The maximum Gasteiger partial charge on any atom is 0.251 e. The van der Waals surface area contributed by atoms with Crippen LogP contribution in [-0.2, 0) is 9.53 Å². The van der Waals surface area contributed by atoms with Crippen LogP contribution in [0.1, 0.15) is 38.5 Å². The molecule has 0 radical (unpaired) electrons. The lowest BCUT2D eigenvalue weighted by molar-refractivity contribution is -0.143. The van der Waals surface area contributed by atoms with Crippen molar-refractivity contribution in [2.75, 3.05) is 19.0 Å². The Hall–Kier alpha value is -0.280. The summed E-state index contributed by atoms with van der Waals surface area (Å²) >= 11 is 5.79. The number of carbonyl (C=O) groups is 1. The van der Waals surface area contributed by atoms with Crippen molar-refractivity contribution in [1.82, 2.24) is 4.90 Å². The molecule has 1 aliphatic carbocycles. The van der Waals surface area contributed by atoms with Crippen LogP contribution >= 0.6 is 11.6 Å². The number of rotatable bonds is 4. The van der Waals surface area contributed by atoms with Gasteiger partial charge in [-0.05, 0) is 25.7 Å². The summed E-state index contributed by atoms with van der Waals surface area (Å²) in [4.78, 5) is 14.2. The van der Waals surface area contributed by atoms with Crippen molar-refractivity contribution in [3.63, 3.8) is 0 Å². The van der Waals surface area contributed by atoms with E-state index in [0.717, 1.165) is 32.3 Å². The first kappa shape index (κ1) is 12.2. The van der Waals surface area contributed by atoms with Gasteiger partial charge >= 0.3 is 0 Å². The molecule has 1 saturated carbocycles. The number of alkyl halides is 1. The van der Waals surface area contributed by atoms with E-state index in [4.69, 9.17) is 16.3 Å². The molecule has 4 heteroatoms. The predicted molar refractivity (Wildman–Crippen MR) is 63.7 cm³/mol. The first-order valence-corrected chi connectivity index (χ1v) is 6.84. The van der Waals surface area contributed by atoms with Crippen molar-refractivity contribution in [2.24, 2.45) is 0 Å². The molecule has 1 heterocycles. The lowest BCUT2D eigenvalue weighted by atomic mass is 10.1. The molecular weight excluding hydrogens is 226 g/mol. The fraction of sp³-hybridized carbons (Fsp3) is 0.917. The Morgan fingerprint density at radius 3 is 2.56 bits per heavy atom. The summed E-state index contributed by atoms with van der Waals surface area (Å²) in [5.41, 5.74) is 0. The summed E-state index contributed by atoms with van der Waals surface area (Å²) in [6, 6.07) is 0.412. The molecule has 0 N–H and O–H groups in total. The van der Waals surface area contributed by atoms with Crippen LogP contribution in [0, 0.1) is 0 Å². The van der Waals surface area contributed by atoms with Gasteiger partial charge in [-0.1, -0.05) is 12.8 Å². The highest BCUT2D eigenvalue weighted by atomic mass is 35.5. The number of ether oxygens (including phenoxy) is 1.